The molecule has 2 rings (SSSR count). The first-order chi connectivity index (χ1) is 11.5. The summed E-state index contributed by atoms with van der Waals surface area (Å²) in [6.07, 6.45) is 1.66. The summed E-state index contributed by atoms with van der Waals surface area (Å²) in [4.78, 5) is 22.9. The number of nitrogens with zero attached hydrogens (tertiary/aromatic N) is 5. The second kappa shape index (κ2) is 8.44. The first kappa shape index (κ1) is 17.9. The Morgan fingerprint density at radius 3 is 2.58 bits per heavy atom. The molecule has 0 unspecified atom stereocenters. The summed E-state index contributed by atoms with van der Waals surface area (Å²) in [5.41, 5.74) is 1.82. The van der Waals surface area contributed by atoms with Gasteiger partial charge < -0.3 is 4.90 Å². The number of thioether (sulfide) groups is 1. The van der Waals surface area contributed by atoms with Crippen LogP contribution in [-0.4, -0.2) is 54.0 Å². The number of hydrazone groups is 1. The van der Waals surface area contributed by atoms with Gasteiger partial charge in [-0.05, 0) is 12.5 Å². The molecule has 6 nitrogen and oxygen atoms in total. The molecular weight excluding hydrogens is 322 g/mol. The van der Waals surface area contributed by atoms with E-state index in [1.807, 2.05) is 62.3 Å². The molecule has 0 radical (unpaired) electrons. The lowest BCUT2D eigenvalue weighted by molar-refractivity contribution is -0.127. The maximum Gasteiger partial charge on any atom is 0.252 e. The maximum atomic E-state index is 12.2. The number of rotatable bonds is 6. The molecule has 0 atom stereocenters. The first-order valence-corrected chi connectivity index (χ1v) is 8.45. The Labute approximate surface area is 146 Å². The zero-order valence-electron chi connectivity index (χ0n) is 14.3. The van der Waals surface area contributed by atoms with Gasteiger partial charge in [-0.25, -0.2) is 15.0 Å². The molecule has 7 heteroatoms. The SMILES string of the molecule is Cc1cc(N(C)C)nc(SCC(=O)N(C)N=Cc2ccccc2)n1. The van der Waals surface area contributed by atoms with Gasteiger partial charge in [0.2, 0.25) is 0 Å². The van der Waals surface area contributed by atoms with Crippen molar-refractivity contribution in [1.29, 1.82) is 0 Å². The minimum absolute atomic E-state index is 0.108. The predicted octanol–water partition coefficient (Wildman–Crippen LogP) is 2.44. The van der Waals surface area contributed by atoms with Crippen molar-refractivity contribution >= 4 is 29.7 Å². The van der Waals surface area contributed by atoms with Gasteiger partial charge in [-0.3, -0.25) is 4.79 Å². The van der Waals surface area contributed by atoms with E-state index >= 15 is 0 Å². The molecule has 1 amide bonds. The predicted molar refractivity (Wildman–Crippen MR) is 98.6 cm³/mol. The molecule has 0 fully saturated rings. The van der Waals surface area contributed by atoms with Crippen molar-refractivity contribution in [2.24, 2.45) is 5.10 Å². The van der Waals surface area contributed by atoms with E-state index in [1.54, 1.807) is 13.3 Å². The third-order valence-electron chi connectivity index (χ3n) is 3.14. The van der Waals surface area contributed by atoms with Crippen LogP contribution in [0.1, 0.15) is 11.3 Å². The Morgan fingerprint density at radius 2 is 1.92 bits per heavy atom. The average molecular weight is 343 g/mol. The Kier molecular flexibility index (Phi) is 6.31. The molecule has 0 N–H and O–H groups in total. The van der Waals surface area contributed by atoms with Crippen molar-refractivity contribution in [2.75, 3.05) is 31.8 Å². The largest absolute Gasteiger partial charge is 0.363 e. The van der Waals surface area contributed by atoms with Crippen LogP contribution in [0.5, 0.6) is 0 Å². The van der Waals surface area contributed by atoms with Crippen LogP contribution in [0.25, 0.3) is 0 Å². The monoisotopic (exact) mass is 343 g/mol. The molecule has 0 saturated heterocycles. The van der Waals surface area contributed by atoms with Crippen molar-refractivity contribution < 1.29 is 4.79 Å². The highest BCUT2D eigenvalue weighted by Gasteiger charge is 2.11. The summed E-state index contributed by atoms with van der Waals surface area (Å²) in [6, 6.07) is 11.6. The highest BCUT2D eigenvalue weighted by atomic mass is 32.2. The van der Waals surface area contributed by atoms with Gasteiger partial charge in [-0.1, -0.05) is 42.1 Å². The number of aryl methyl sites for hydroxylation is 1. The number of benzene rings is 1. The summed E-state index contributed by atoms with van der Waals surface area (Å²) < 4.78 is 0. The van der Waals surface area contributed by atoms with E-state index in [-0.39, 0.29) is 11.7 Å². The van der Waals surface area contributed by atoms with Gasteiger partial charge in [0.15, 0.2) is 5.16 Å². The van der Waals surface area contributed by atoms with Crippen LogP contribution >= 0.6 is 11.8 Å². The van der Waals surface area contributed by atoms with E-state index in [9.17, 15) is 4.79 Å². The lowest BCUT2D eigenvalue weighted by Gasteiger charge is -2.13. The third kappa shape index (κ3) is 5.34. The fraction of sp³-hybridized carbons (Fsp3) is 0.294. The normalized spacial score (nSPS) is 10.8. The van der Waals surface area contributed by atoms with E-state index in [2.05, 4.69) is 15.1 Å². The lowest BCUT2D eigenvalue weighted by Crippen LogP contribution is -2.23. The number of carbonyl (C=O) groups excluding carboxylic acids is 1. The summed E-state index contributed by atoms with van der Waals surface area (Å²) in [6.45, 7) is 1.91. The van der Waals surface area contributed by atoms with Crippen LogP contribution in [0.2, 0.25) is 0 Å². The Hall–Kier alpha value is -2.41. The fourth-order valence-corrected chi connectivity index (χ4v) is 2.60. The maximum absolute atomic E-state index is 12.2. The molecule has 0 aliphatic carbocycles. The van der Waals surface area contributed by atoms with E-state index < -0.39 is 0 Å². The van der Waals surface area contributed by atoms with Crippen LogP contribution < -0.4 is 4.90 Å². The fourth-order valence-electron chi connectivity index (χ4n) is 1.80. The van der Waals surface area contributed by atoms with E-state index in [4.69, 9.17) is 0 Å². The summed E-state index contributed by atoms with van der Waals surface area (Å²) in [5.74, 6) is 0.954. The first-order valence-electron chi connectivity index (χ1n) is 7.47. The highest BCUT2D eigenvalue weighted by Crippen LogP contribution is 2.18. The minimum atomic E-state index is -0.108. The standard InChI is InChI=1S/C17H21N5OS/c1-13-10-15(21(2)3)20-17(19-13)24-12-16(23)22(4)18-11-14-8-6-5-7-9-14/h5-11H,12H2,1-4H3. The van der Waals surface area contributed by atoms with Crippen LogP contribution in [0.3, 0.4) is 0 Å². The zero-order valence-corrected chi connectivity index (χ0v) is 15.1. The Bertz CT molecular complexity index is 718. The molecule has 126 valence electrons. The Balaban J connectivity index is 1.94. The van der Waals surface area contributed by atoms with Crippen LogP contribution in [-0.2, 0) is 4.79 Å². The van der Waals surface area contributed by atoms with Crippen LogP contribution in [0, 0.1) is 6.92 Å². The van der Waals surface area contributed by atoms with Crippen molar-refractivity contribution in [3.63, 3.8) is 0 Å². The number of carbonyl (C=O) groups is 1. The second-order valence-corrected chi connectivity index (χ2v) is 6.35. The van der Waals surface area contributed by atoms with Crippen molar-refractivity contribution in [1.82, 2.24) is 15.0 Å². The van der Waals surface area contributed by atoms with E-state index in [1.165, 1.54) is 16.8 Å². The van der Waals surface area contributed by atoms with Gasteiger partial charge in [0, 0.05) is 32.9 Å². The average Bonchev–Trinajstić information content (AvgIpc) is 2.58. The molecule has 1 aromatic heterocycles. The quantitative estimate of drug-likeness (QED) is 0.349. The van der Waals surface area contributed by atoms with Gasteiger partial charge in [0.05, 0.1) is 12.0 Å². The van der Waals surface area contributed by atoms with Gasteiger partial charge in [-0.15, -0.1) is 0 Å². The summed E-state index contributed by atoms with van der Waals surface area (Å²) in [5, 5.41) is 6.09. The zero-order chi connectivity index (χ0) is 17.5. The molecule has 2 aromatic rings. The lowest BCUT2D eigenvalue weighted by atomic mass is 10.2. The molecule has 0 aliphatic heterocycles. The molecule has 24 heavy (non-hydrogen) atoms. The molecule has 1 heterocycles. The summed E-state index contributed by atoms with van der Waals surface area (Å²) in [7, 11) is 5.49. The smallest absolute Gasteiger partial charge is 0.252 e. The van der Waals surface area contributed by atoms with Crippen molar-refractivity contribution in [3.05, 3.63) is 47.7 Å². The van der Waals surface area contributed by atoms with E-state index in [0.29, 0.717) is 5.16 Å². The Morgan fingerprint density at radius 1 is 1.21 bits per heavy atom. The molecule has 1 aromatic carbocycles. The second-order valence-electron chi connectivity index (χ2n) is 5.41. The van der Waals surface area contributed by atoms with Gasteiger partial charge in [-0.2, -0.15) is 5.10 Å². The highest BCUT2D eigenvalue weighted by molar-refractivity contribution is 7.99. The molecule has 0 saturated carbocycles. The van der Waals surface area contributed by atoms with Gasteiger partial charge in [0.1, 0.15) is 5.82 Å². The summed E-state index contributed by atoms with van der Waals surface area (Å²) >= 11 is 1.31. The number of aromatic nitrogens is 2. The number of anilines is 1. The van der Waals surface area contributed by atoms with Crippen molar-refractivity contribution in [2.45, 2.75) is 12.1 Å². The molecule has 0 spiro atoms. The van der Waals surface area contributed by atoms with Crippen molar-refractivity contribution in [3.8, 4) is 0 Å². The van der Waals surface area contributed by atoms with Gasteiger partial charge in [0.25, 0.3) is 5.91 Å². The number of amides is 1. The number of hydrogen-bond donors (Lipinski definition) is 0. The van der Waals surface area contributed by atoms with Crippen LogP contribution in [0.15, 0.2) is 46.7 Å². The van der Waals surface area contributed by atoms with Gasteiger partial charge >= 0.3 is 0 Å². The van der Waals surface area contributed by atoms with Crippen LogP contribution in [0.4, 0.5) is 5.82 Å². The minimum Gasteiger partial charge on any atom is -0.363 e. The van der Waals surface area contributed by atoms with E-state index in [0.717, 1.165) is 17.1 Å². The molecular formula is C17H21N5OS. The third-order valence-corrected chi connectivity index (χ3v) is 3.98. The topological polar surface area (TPSA) is 61.7 Å². The molecule has 0 bridgehead atoms. The molecule has 0 aliphatic rings. The number of hydrogen-bond acceptors (Lipinski definition) is 6.